The molecule has 0 bridgehead atoms. The highest BCUT2D eigenvalue weighted by molar-refractivity contribution is 6.31. The number of pyridine rings is 1. The molecule has 0 radical (unpaired) electrons. The van der Waals surface area contributed by atoms with E-state index < -0.39 is 11.7 Å². The van der Waals surface area contributed by atoms with Crippen LogP contribution in [0.15, 0.2) is 36.5 Å². The van der Waals surface area contributed by atoms with Crippen LogP contribution in [-0.4, -0.2) is 39.1 Å². The van der Waals surface area contributed by atoms with Gasteiger partial charge in [0.2, 0.25) is 0 Å². The van der Waals surface area contributed by atoms with Gasteiger partial charge < -0.3 is 4.90 Å². The number of hydrogen-bond donors (Lipinski definition) is 1. The van der Waals surface area contributed by atoms with Crippen LogP contribution in [-0.2, 0) is 6.18 Å². The summed E-state index contributed by atoms with van der Waals surface area (Å²) in [6.07, 6.45) is -2.01. The Hall–Kier alpha value is -2.61. The van der Waals surface area contributed by atoms with Crippen molar-refractivity contribution in [3.8, 4) is 0 Å². The third-order valence-electron chi connectivity index (χ3n) is 5.08. The zero-order valence-electron chi connectivity index (χ0n) is 14.6. The number of carbonyl (C=O) groups excluding carboxylic acids is 1. The third kappa shape index (κ3) is 3.44. The number of aromatic nitrogens is 3. The summed E-state index contributed by atoms with van der Waals surface area (Å²) >= 11 is 5.96. The second kappa shape index (κ2) is 7.09. The van der Waals surface area contributed by atoms with Gasteiger partial charge in [-0.25, -0.2) is 4.98 Å². The number of likely N-dealkylation sites (tertiary alicyclic amines) is 1. The minimum absolute atomic E-state index is 0.239. The predicted molar refractivity (Wildman–Crippen MR) is 98.2 cm³/mol. The molecule has 4 rings (SSSR count). The lowest BCUT2D eigenvalue weighted by molar-refractivity contribution is -0.138. The molecule has 0 atom stereocenters. The number of nitrogens with zero attached hydrogens (tertiary/aromatic N) is 3. The molecule has 1 aliphatic rings. The van der Waals surface area contributed by atoms with Gasteiger partial charge in [-0.15, -0.1) is 0 Å². The van der Waals surface area contributed by atoms with Crippen LogP contribution in [0.25, 0.3) is 11.0 Å². The van der Waals surface area contributed by atoms with Gasteiger partial charge in [-0.05, 0) is 36.5 Å². The fourth-order valence-corrected chi connectivity index (χ4v) is 3.86. The lowest BCUT2D eigenvalue weighted by Crippen LogP contribution is -2.38. The van der Waals surface area contributed by atoms with Crippen molar-refractivity contribution >= 4 is 28.5 Å². The molecular formula is C19H16ClF3N4O. The zero-order chi connectivity index (χ0) is 19.9. The highest BCUT2D eigenvalue weighted by atomic mass is 35.5. The quantitative estimate of drug-likeness (QED) is 0.671. The summed E-state index contributed by atoms with van der Waals surface area (Å²) in [4.78, 5) is 18.5. The van der Waals surface area contributed by atoms with E-state index in [4.69, 9.17) is 11.6 Å². The summed E-state index contributed by atoms with van der Waals surface area (Å²) in [6.45, 7) is 0.731. The first-order chi connectivity index (χ1) is 13.3. The highest BCUT2D eigenvalue weighted by Crippen LogP contribution is 2.38. The van der Waals surface area contributed by atoms with E-state index in [1.54, 1.807) is 17.0 Å². The van der Waals surface area contributed by atoms with Gasteiger partial charge in [0.1, 0.15) is 5.69 Å². The molecule has 9 heteroatoms. The number of fused-ring (bicyclic) bond motifs is 1. The average molecular weight is 409 g/mol. The number of rotatable bonds is 2. The lowest BCUT2D eigenvalue weighted by atomic mass is 9.86. The van der Waals surface area contributed by atoms with Crippen molar-refractivity contribution in [2.75, 3.05) is 13.1 Å². The Morgan fingerprint density at radius 2 is 1.93 bits per heavy atom. The second-order valence-electron chi connectivity index (χ2n) is 6.77. The first kappa shape index (κ1) is 18.7. The molecule has 5 nitrogen and oxygen atoms in total. The summed E-state index contributed by atoms with van der Waals surface area (Å²) in [6, 6.07) is 7.28. The standard InChI is InChI=1S/C19H16ClF3N4O/c20-12-9-14-16(25-26-17(14)24-10-12)18(28)27-7-5-11(6-8-27)13-3-1-2-4-15(13)19(21,22)23/h1-4,9-11H,5-8H2,(H,24,25,26). The summed E-state index contributed by atoms with van der Waals surface area (Å²) in [5.74, 6) is -0.495. The monoisotopic (exact) mass is 408 g/mol. The van der Waals surface area contributed by atoms with Crippen molar-refractivity contribution in [3.05, 3.63) is 58.4 Å². The first-order valence-corrected chi connectivity index (χ1v) is 9.17. The van der Waals surface area contributed by atoms with Crippen LogP contribution in [0.1, 0.15) is 40.4 Å². The van der Waals surface area contributed by atoms with Gasteiger partial charge >= 0.3 is 6.18 Å². The SMILES string of the molecule is O=C(c1[nH]nc2ncc(Cl)cc12)N1CCC(c2ccccc2C(F)(F)F)CC1. The summed E-state index contributed by atoms with van der Waals surface area (Å²) < 4.78 is 39.8. The van der Waals surface area contributed by atoms with Crippen molar-refractivity contribution < 1.29 is 18.0 Å². The molecule has 1 N–H and O–H groups in total. The van der Waals surface area contributed by atoms with Crippen LogP contribution in [0.2, 0.25) is 5.02 Å². The molecule has 28 heavy (non-hydrogen) atoms. The number of piperidine rings is 1. The number of amides is 1. The van der Waals surface area contributed by atoms with Gasteiger partial charge in [0.05, 0.1) is 16.0 Å². The van der Waals surface area contributed by atoms with Crippen LogP contribution in [0.4, 0.5) is 13.2 Å². The average Bonchev–Trinajstić information content (AvgIpc) is 3.10. The number of H-pyrrole nitrogens is 1. The van der Waals surface area contributed by atoms with Gasteiger partial charge in [0.15, 0.2) is 5.65 Å². The molecule has 3 heterocycles. The van der Waals surface area contributed by atoms with E-state index in [1.807, 2.05) is 0 Å². The Morgan fingerprint density at radius 3 is 2.64 bits per heavy atom. The number of carbonyl (C=O) groups is 1. The van der Waals surface area contributed by atoms with E-state index in [9.17, 15) is 18.0 Å². The molecule has 3 aromatic rings. The maximum atomic E-state index is 13.3. The number of alkyl halides is 3. The van der Waals surface area contributed by atoms with E-state index in [1.165, 1.54) is 18.3 Å². The Bertz CT molecular complexity index is 1030. The first-order valence-electron chi connectivity index (χ1n) is 8.79. The van der Waals surface area contributed by atoms with E-state index in [-0.39, 0.29) is 11.8 Å². The van der Waals surface area contributed by atoms with Gasteiger partial charge in [0, 0.05) is 19.3 Å². The summed E-state index contributed by atoms with van der Waals surface area (Å²) in [7, 11) is 0. The molecule has 1 aromatic carbocycles. The van der Waals surface area contributed by atoms with Crippen molar-refractivity contribution in [3.63, 3.8) is 0 Å². The molecule has 0 aliphatic carbocycles. The van der Waals surface area contributed by atoms with Crippen molar-refractivity contribution in [1.82, 2.24) is 20.1 Å². The van der Waals surface area contributed by atoms with Gasteiger partial charge in [-0.3, -0.25) is 9.89 Å². The van der Waals surface area contributed by atoms with Crippen molar-refractivity contribution in [2.45, 2.75) is 24.9 Å². The minimum Gasteiger partial charge on any atom is -0.337 e. The molecule has 1 fully saturated rings. The van der Waals surface area contributed by atoms with Crippen LogP contribution in [0.3, 0.4) is 0 Å². The number of hydrogen-bond acceptors (Lipinski definition) is 3. The van der Waals surface area contributed by atoms with E-state index in [0.717, 1.165) is 6.07 Å². The maximum Gasteiger partial charge on any atom is 0.416 e. The lowest BCUT2D eigenvalue weighted by Gasteiger charge is -2.33. The molecule has 0 spiro atoms. The molecule has 1 aliphatic heterocycles. The van der Waals surface area contributed by atoms with Crippen LogP contribution in [0, 0.1) is 0 Å². The fourth-order valence-electron chi connectivity index (χ4n) is 3.70. The predicted octanol–water partition coefficient (Wildman–Crippen LogP) is 4.65. The smallest absolute Gasteiger partial charge is 0.337 e. The fraction of sp³-hybridized carbons (Fsp3) is 0.316. The molecule has 146 valence electrons. The van der Waals surface area contributed by atoms with Gasteiger partial charge in [-0.2, -0.15) is 18.3 Å². The van der Waals surface area contributed by atoms with Crippen LogP contribution >= 0.6 is 11.6 Å². The molecule has 1 saturated heterocycles. The van der Waals surface area contributed by atoms with E-state index >= 15 is 0 Å². The Labute approximate surface area is 163 Å². The van der Waals surface area contributed by atoms with Crippen molar-refractivity contribution in [2.24, 2.45) is 0 Å². The number of halogens is 4. The zero-order valence-corrected chi connectivity index (χ0v) is 15.4. The van der Waals surface area contributed by atoms with Gasteiger partial charge in [-0.1, -0.05) is 29.8 Å². The number of aromatic amines is 1. The van der Waals surface area contributed by atoms with E-state index in [0.29, 0.717) is 53.2 Å². The third-order valence-corrected chi connectivity index (χ3v) is 5.28. The Balaban J connectivity index is 1.52. The Morgan fingerprint density at radius 1 is 1.21 bits per heavy atom. The molecule has 0 saturated carbocycles. The second-order valence-corrected chi connectivity index (χ2v) is 7.21. The molecular weight excluding hydrogens is 393 g/mol. The maximum absolute atomic E-state index is 13.3. The van der Waals surface area contributed by atoms with Crippen LogP contribution < -0.4 is 0 Å². The molecule has 0 unspecified atom stereocenters. The summed E-state index contributed by atoms with van der Waals surface area (Å²) in [5.41, 5.74) is 0.381. The highest BCUT2D eigenvalue weighted by Gasteiger charge is 2.36. The molecule has 2 aromatic heterocycles. The van der Waals surface area contributed by atoms with E-state index in [2.05, 4.69) is 15.2 Å². The normalized spacial score (nSPS) is 15.9. The number of benzene rings is 1. The topological polar surface area (TPSA) is 61.9 Å². The van der Waals surface area contributed by atoms with Gasteiger partial charge in [0.25, 0.3) is 5.91 Å². The summed E-state index contributed by atoms with van der Waals surface area (Å²) in [5, 5.41) is 7.63. The Kier molecular flexibility index (Phi) is 4.74. The minimum atomic E-state index is -4.38. The molecule has 1 amide bonds. The largest absolute Gasteiger partial charge is 0.416 e. The van der Waals surface area contributed by atoms with Crippen LogP contribution in [0.5, 0.6) is 0 Å². The number of nitrogens with one attached hydrogen (secondary N) is 1. The van der Waals surface area contributed by atoms with Crippen molar-refractivity contribution in [1.29, 1.82) is 0 Å².